The van der Waals surface area contributed by atoms with Gasteiger partial charge >= 0.3 is 0 Å². The van der Waals surface area contributed by atoms with E-state index in [4.69, 9.17) is 10.5 Å². The molecule has 18 heavy (non-hydrogen) atoms. The molecule has 4 heteroatoms. The van der Waals surface area contributed by atoms with Crippen molar-refractivity contribution in [2.75, 3.05) is 19.7 Å². The number of nitrogens with zero attached hydrogens (tertiary/aromatic N) is 1. The molecule has 0 spiro atoms. The number of benzene rings is 1. The van der Waals surface area contributed by atoms with Gasteiger partial charge < -0.3 is 10.5 Å². The maximum absolute atomic E-state index is 10.5. The van der Waals surface area contributed by atoms with Gasteiger partial charge in [0.25, 0.3) is 5.91 Å². The van der Waals surface area contributed by atoms with Gasteiger partial charge in [-0.05, 0) is 11.5 Å². The molecule has 1 aromatic rings. The number of nitrogens with two attached hydrogens (primary N) is 1. The van der Waals surface area contributed by atoms with Crippen molar-refractivity contribution < 1.29 is 9.53 Å². The van der Waals surface area contributed by atoms with Crippen LogP contribution in [0.5, 0.6) is 0 Å². The van der Waals surface area contributed by atoms with Gasteiger partial charge in [-0.3, -0.25) is 9.69 Å². The molecule has 2 rings (SSSR count). The van der Waals surface area contributed by atoms with E-state index >= 15 is 0 Å². The third-order valence-electron chi connectivity index (χ3n) is 2.69. The second-order valence-electron chi connectivity index (χ2n) is 3.97. The van der Waals surface area contributed by atoms with Gasteiger partial charge in [0.1, 0.15) is 6.23 Å². The van der Waals surface area contributed by atoms with E-state index < -0.39 is 5.91 Å². The molecule has 1 aromatic carbocycles. The summed E-state index contributed by atoms with van der Waals surface area (Å²) in [5.74, 6) is 4.32. The van der Waals surface area contributed by atoms with Gasteiger partial charge in [-0.1, -0.05) is 36.3 Å². The summed E-state index contributed by atoms with van der Waals surface area (Å²) in [6, 6.07) is 10.0. The maximum Gasteiger partial charge on any atom is 0.293 e. The fourth-order valence-corrected chi connectivity index (χ4v) is 1.90. The van der Waals surface area contributed by atoms with Crippen LogP contribution < -0.4 is 5.73 Å². The first-order chi connectivity index (χ1) is 8.77. The van der Waals surface area contributed by atoms with Crippen LogP contribution in [0, 0.1) is 18.3 Å². The monoisotopic (exact) mass is 243 g/mol. The molecule has 1 aliphatic heterocycles. The molecule has 1 saturated heterocycles. The third-order valence-corrected chi connectivity index (χ3v) is 2.69. The lowest BCUT2D eigenvalue weighted by atomic mass is 10.2. The minimum absolute atomic E-state index is 0.0298. The van der Waals surface area contributed by atoms with Crippen molar-refractivity contribution in [3.8, 4) is 11.8 Å². The zero-order valence-corrected chi connectivity index (χ0v) is 10.0. The molecule has 1 atom stereocenters. The van der Waals surface area contributed by atoms with Crippen molar-refractivity contribution in [1.82, 2.24) is 4.90 Å². The Hall–Kier alpha value is -1.83. The summed E-state index contributed by atoms with van der Waals surface area (Å²) in [5, 5.41) is 0. The minimum atomic E-state index is -0.608. The molecule has 0 saturated carbocycles. The van der Waals surface area contributed by atoms with Crippen molar-refractivity contribution >= 4 is 5.91 Å². The molecular weight excluding hydrogens is 228 g/mol. The summed E-state index contributed by atoms with van der Waals surface area (Å²) in [6.45, 7) is 2.21. The van der Waals surface area contributed by atoms with Crippen LogP contribution in [0.25, 0.3) is 0 Å². The molecular formula is C14H15N2O2. The number of hydrogen-bond donors (Lipinski definition) is 1. The zero-order chi connectivity index (χ0) is 12.8. The number of rotatable bonds is 3. The van der Waals surface area contributed by atoms with Gasteiger partial charge in [-0.15, -0.1) is 0 Å². The van der Waals surface area contributed by atoms with Crippen LogP contribution in [0.2, 0.25) is 0 Å². The first-order valence-electron chi connectivity index (χ1n) is 5.80. The number of carbonyl (C=O) groups excluding carboxylic acids is 1. The van der Waals surface area contributed by atoms with Gasteiger partial charge in [0, 0.05) is 19.5 Å². The average Bonchev–Trinajstić information content (AvgIpc) is 2.84. The van der Waals surface area contributed by atoms with E-state index in [1.165, 1.54) is 0 Å². The second kappa shape index (κ2) is 6.20. The Morgan fingerprint density at radius 3 is 3.00 bits per heavy atom. The van der Waals surface area contributed by atoms with E-state index in [1.54, 1.807) is 6.42 Å². The molecule has 0 bridgehead atoms. The first-order valence-corrected chi connectivity index (χ1v) is 5.80. The predicted molar refractivity (Wildman–Crippen MR) is 68.0 cm³/mol. The van der Waals surface area contributed by atoms with Gasteiger partial charge in [0.15, 0.2) is 0 Å². The van der Waals surface area contributed by atoms with Crippen LogP contribution in [0.1, 0.15) is 11.8 Å². The van der Waals surface area contributed by atoms with Gasteiger partial charge in [0.05, 0.1) is 6.61 Å². The van der Waals surface area contributed by atoms with E-state index in [1.807, 2.05) is 30.3 Å². The van der Waals surface area contributed by atoms with Crippen molar-refractivity contribution in [3.63, 3.8) is 0 Å². The Kier molecular flexibility index (Phi) is 4.35. The number of primary amides is 1. The molecule has 0 aromatic heterocycles. The van der Waals surface area contributed by atoms with E-state index in [0.717, 1.165) is 12.1 Å². The highest BCUT2D eigenvalue weighted by Crippen LogP contribution is 2.26. The topological polar surface area (TPSA) is 55.6 Å². The minimum Gasteiger partial charge on any atom is -0.359 e. The molecule has 1 fully saturated rings. The van der Waals surface area contributed by atoms with Crippen LogP contribution in [0.3, 0.4) is 0 Å². The number of carbonyl (C=O) groups is 1. The van der Waals surface area contributed by atoms with Gasteiger partial charge in [-0.2, -0.15) is 0 Å². The fraction of sp³-hybridized carbons (Fsp3) is 0.286. The van der Waals surface area contributed by atoms with E-state index in [0.29, 0.717) is 13.2 Å². The fourth-order valence-electron chi connectivity index (χ4n) is 1.90. The first kappa shape index (κ1) is 12.6. The quantitative estimate of drug-likeness (QED) is 0.795. The molecule has 1 aliphatic rings. The molecule has 1 radical (unpaired) electrons. The Balaban J connectivity index is 1.93. The maximum atomic E-state index is 10.5. The van der Waals surface area contributed by atoms with E-state index in [9.17, 15) is 4.79 Å². The highest BCUT2D eigenvalue weighted by molar-refractivity contribution is 5.92. The summed E-state index contributed by atoms with van der Waals surface area (Å²) < 4.78 is 5.70. The van der Waals surface area contributed by atoms with Gasteiger partial charge in [-0.25, -0.2) is 0 Å². The van der Waals surface area contributed by atoms with Crippen LogP contribution in [-0.2, 0) is 9.53 Å². The number of amides is 1. The molecule has 0 aliphatic carbocycles. The summed E-state index contributed by atoms with van der Waals surface area (Å²) in [5.41, 5.74) is 6.06. The van der Waals surface area contributed by atoms with Crippen LogP contribution in [0.15, 0.2) is 30.3 Å². The summed E-state index contributed by atoms with van der Waals surface area (Å²) in [6.07, 6.45) is 1.70. The van der Waals surface area contributed by atoms with Crippen molar-refractivity contribution in [2.24, 2.45) is 5.73 Å². The van der Waals surface area contributed by atoms with Crippen molar-refractivity contribution in [1.29, 1.82) is 0 Å². The molecule has 2 N–H and O–H groups in total. The lowest BCUT2D eigenvalue weighted by Gasteiger charge is -2.21. The van der Waals surface area contributed by atoms with E-state index in [-0.39, 0.29) is 6.23 Å². The highest BCUT2D eigenvalue weighted by atomic mass is 16.5. The largest absolute Gasteiger partial charge is 0.359 e. The van der Waals surface area contributed by atoms with Crippen molar-refractivity contribution in [3.05, 3.63) is 42.3 Å². The predicted octanol–water partition coefficient (Wildman–Crippen LogP) is 0.710. The second-order valence-corrected chi connectivity index (χ2v) is 3.97. The van der Waals surface area contributed by atoms with Crippen LogP contribution in [-0.4, -0.2) is 30.5 Å². The Labute approximate surface area is 107 Å². The molecule has 93 valence electrons. The summed E-state index contributed by atoms with van der Waals surface area (Å²) in [4.78, 5) is 12.6. The summed E-state index contributed by atoms with van der Waals surface area (Å²) >= 11 is 0. The normalized spacial score (nSPS) is 19.2. The van der Waals surface area contributed by atoms with E-state index in [2.05, 4.69) is 16.7 Å². The Morgan fingerprint density at radius 1 is 1.50 bits per heavy atom. The zero-order valence-electron chi connectivity index (χ0n) is 10.0. The Bertz CT molecular complexity index is 462. The number of ether oxygens (including phenoxy) is 1. The Morgan fingerprint density at radius 2 is 2.28 bits per heavy atom. The molecule has 1 heterocycles. The molecule has 4 nitrogen and oxygen atoms in total. The van der Waals surface area contributed by atoms with Crippen molar-refractivity contribution in [2.45, 2.75) is 6.23 Å². The average molecular weight is 243 g/mol. The highest BCUT2D eigenvalue weighted by Gasteiger charge is 2.25. The number of hydrogen-bond acceptors (Lipinski definition) is 3. The van der Waals surface area contributed by atoms with Gasteiger partial charge in [0.2, 0.25) is 0 Å². The molecule has 1 unspecified atom stereocenters. The van der Waals surface area contributed by atoms with Crippen LogP contribution in [0.4, 0.5) is 0 Å². The SMILES string of the molecule is NC(=O)C#C[CH]CN1CCOC1c1ccccc1. The molecule has 1 amide bonds. The standard InChI is InChI=1S/C14H15N2O2/c15-13(17)8-4-5-9-16-10-11-18-14(16)12-6-2-1-3-7-12/h1-3,5-7,14H,9-11H2,(H2,15,17). The lowest BCUT2D eigenvalue weighted by molar-refractivity contribution is -0.112. The smallest absolute Gasteiger partial charge is 0.293 e. The third kappa shape index (κ3) is 3.33. The summed E-state index contributed by atoms with van der Waals surface area (Å²) in [7, 11) is 0. The van der Waals surface area contributed by atoms with Crippen LogP contribution >= 0.6 is 0 Å². The lowest BCUT2D eigenvalue weighted by Crippen LogP contribution is -2.25.